The van der Waals surface area contributed by atoms with Crippen LogP contribution in [0.3, 0.4) is 0 Å². The topological polar surface area (TPSA) is 42.4 Å². The van der Waals surface area contributed by atoms with Crippen LogP contribution in [0.15, 0.2) is 18.5 Å². The van der Waals surface area contributed by atoms with Crippen molar-refractivity contribution in [3.63, 3.8) is 0 Å². The minimum atomic E-state index is -0.243. The third-order valence-electron chi connectivity index (χ3n) is 3.19. The van der Waals surface area contributed by atoms with Crippen molar-refractivity contribution in [2.45, 2.75) is 45.1 Å². The van der Waals surface area contributed by atoms with Crippen molar-refractivity contribution < 1.29 is 9.76 Å². The summed E-state index contributed by atoms with van der Waals surface area (Å²) in [6.45, 7) is 8.41. The summed E-state index contributed by atoms with van der Waals surface area (Å²) in [7, 11) is 3.32. The molecule has 0 radical (unpaired) electrons. The van der Waals surface area contributed by atoms with Gasteiger partial charge in [-0.2, -0.15) is 0 Å². The maximum atomic E-state index is 9.04. The lowest BCUT2D eigenvalue weighted by Crippen LogP contribution is -2.45. The average Bonchev–Trinajstić information content (AvgIpc) is 2.25. The van der Waals surface area contributed by atoms with E-state index >= 15 is 0 Å². The van der Waals surface area contributed by atoms with E-state index in [2.05, 4.69) is 41.9 Å². The Balaban J connectivity index is 2.67. The summed E-state index contributed by atoms with van der Waals surface area (Å²) >= 11 is 0. The van der Waals surface area contributed by atoms with Crippen molar-refractivity contribution in [2.24, 2.45) is 0 Å². The minimum absolute atomic E-state index is 0.00494. The average molecular weight is 253 g/mol. The van der Waals surface area contributed by atoms with Crippen LogP contribution in [0.1, 0.15) is 33.3 Å². The van der Waals surface area contributed by atoms with Crippen molar-refractivity contribution >= 4 is 22.2 Å². The summed E-state index contributed by atoms with van der Waals surface area (Å²) in [6, 6.07) is 1.92. The highest BCUT2D eigenvalue weighted by atomic mass is 31.0. The highest BCUT2D eigenvalue weighted by molar-refractivity contribution is 7.19. The summed E-state index contributed by atoms with van der Waals surface area (Å²) in [5, 5.41) is 9.03. The fraction of sp³-hybridized carbons (Fsp3) is 0.583. The molecule has 1 N–H and O–H groups in total. The number of rotatable bonds is 5. The summed E-state index contributed by atoms with van der Waals surface area (Å²) in [4.78, 5) is 4.07. The predicted octanol–water partition coefficient (Wildman–Crippen LogP) is 1.000. The number of nitrogens with zero attached hydrogens (tertiary/aromatic N) is 1. The van der Waals surface area contributed by atoms with Crippen LogP contribution in [-0.4, -0.2) is 28.3 Å². The molecule has 0 saturated carbocycles. The lowest BCUT2D eigenvalue weighted by molar-refractivity contribution is 0.0841. The first-order valence-corrected chi connectivity index (χ1v) is 6.30. The number of hydrogen-bond acceptors (Lipinski definition) is 3. The van der Waals surface area contributed by atoms with Gasteiger partial charge in [-0.1, -0.05) is 19.9 Å². The first-order chi connectivity index (χ1) is 7.76. The Kier molecular flexibility index (Phi) is 4.71. The zero-order chi connectivity index (χ0) is 13.1. The molecule has 17 heavy (non-hydrogen) atoms. The first-order valence-electron chi connectivity index (χ1n) is 5.73. The largest absolute Gasteiger partial charge is 0.429 e. The molecule has 94 valence electrons. The van der Waals surface area contributed by atoms with Gasteiger partial charge in [0.25, 0.3) is 0 Å². The van der Waals surface area contributed by atoms with Crippen LogP contribution in [0.4, 0.5) is 0 Å². The number of pyridine rings is 1. The lowest BCUT2D eigenvalue weighted by atomic mass is 9.84. The Morgan fingerprint density at radius 1 is 1.35 bits per heavy atom. The van der Waals surface area contributed by atoms with E-state index < -0.39 is 0 Å². The second kappa shape index (κ2) is 5.47. The van der Waals surface area contributed by atoms with E-state index in [-0.39, 0.29) is 17.4 Å². The van der Waals surface area contributed by atoms with E-state index in [0.29, 0.717) is 7.48 Å². The van der Waals surface area contributed by atoms with Gasteiger partial charge >= 0.3 is 7.48 Å². The summed E-state index contributed by atoms with van der Waals surface area (Å²) < 4.78 is 5.94. The summed E-state index contributed by atoms with van der Waals surface area (Å²) in [6.07, 6.45) is 3.43. The zero-order valence-corrected chi connectivity index (χ0v) is 12.2. The monoisotopic (exact) mass is 253 g/mol. The van der Waals surface area contributed by atoms with Crippen molar-refractivity contribution in [1.29, 1.82) is 0 Å². The molecule has 0 aromatic carbocycles. The molecule has 0 spiro atoms. The van der Waals surface area contributed by atoms with Crippen molar-refractivity contribution in [1.82, 2.24) is 4.98 Å². The van der Waals surface area contributed by atoms with Gasteiger partial charge in [-0.15, -0.1) is 9.24 Å². The van der Waals surface area contributed by atoms with Crippen LogP contribution in [-0.2, 0) is 11.3 Å². The summed E-state index contributed by atoms with van der Waals surface area (Å²) in [5.74, 6) is 0. The minimum Gasteiger partial charge on any atom is -0.429 e. The molecule has 0 aliphatic rings. The van der Waals surface area contributed by atoms with Crippen LogP contribution in [0.25, 0.3) is 0 Å². The SMILES string of the molecule is CC(C)(P)C(C)(C)OBc1cncc(CO)c1. The third kappa shape index (κ3) is 4.06. The number of aliphatic hydroxyl groups is 1. The molecule has 3 nitrogen and oxygen atoms in total. The Morgan fingerprint density at radius 2 is 2.00 bits per heavy atom. The normalized spacial score (nSPS) is 12.6. The standard InChI is InChI=1S/C12H21BNO2P/c1-11(2,12(3,4)17)16-13-10-5-9(8-15)6-14-7-10/h5-7,13,15H,8,17H2,1-4H3. The fourth-order valence-electron chi connectivity index (χ4n) is 1.16. The predicted molar refractivity (Wildman–Crippen MR) is 75.9 cm³/mol. The molecule has 1 atom stereocenters. The van der Waals surface area contributed by atoms with E-state index in [1.54, 1.807) is 12.4 Å². The van der Waals surface area contributed by atoms with Crippen LogP contribution in [0, 0.1) is 0 Å². The fourth-order valence-corrected chi connectivity index (χ4v) is 1.24. The molecule has 0 aliphatic carbocycles. The number of aliphatic hydroxyl groups excluding tert-OH is 1. The number of hydrogen-bond donors (Lipinski definition) is 1. The van der Waals surface area contributed by atoms with Crippen molar-refractivity contribution in [3.8, 4) is 0 Å². The molecule has 0 saturated heterocycles. The summed E-state index contributed by atoms with van der Waals surface area (Å²) in [5.41, 5.74) is 1.56. The zero-order valence-electron chi connectivity index (χ0n) is 11.0. The van der Waals surface area contributed by atoms with Crippen LogP contribution in [0.2, 0.25) is 0 Å². The number of aromatic nitrogens is 1. The lowest BCUT2D eigenvalue weighted by Gasteiger charge is -2.39. The maximum absolute atomic E-state index is 9.04. The molecule has 1 aromatic heterocycles. The molecule has 1 rings (SSSR count). The van der Waals surface area contributed by atoms with E-state index in [1.165, 1.54) is 0 Å². The van der Waals surface area contributed by atoms with Crippen molar-refractivity contribution in [3.05, 3.63) is 24.0 Å². The second-order valence-electron chi connectivity index (χ2n) is 5.38. The van der Waals surface area contributed by atoms with Gasteiger partial charge in [-0.3, -0.25) is 4.98 Å². The van der Waals surface area contributed by atoms with Gasteiger partial charge in [0.15, 0.2) is 0 Å². The quantitative estimate of drug-likeness (QED) is 0.628. The molecular formula is C12H21BNO2P. The molecule has 0 fully saturated rings. The Morgan fingerprint density at radius 3 is 2.53 bits per heavy atom. The van der Waals surface area contributed by atoms with Gasteiger partial charge in [-0.25, -0.2) is 0 Å². The van der Waals surface area contributed by atoms with Crippen LogP contribution in [0.5, 0.6) is 0 Å². The first kappa shape index (κ1) is 14.6. The smallest absolute Gasteiger partial charge is 0.310 e. The second-order valence-corrected chi connectivity index (χ2v) is 6.82. The molecule has 1 heterocycles. The Hall–Kier alpha value is -0.435. The van der Waals surface area contributed by atoms with E-state index in [4.69, 9.17) is 9.76 Å². The molecule has 0 amide bonds. The molecule has 5 heteroatoms. The van der Waals surface area contributed by atoms with E-state index in [0.717, 1.165) is 11.0 Å². The van der Waals surface area contributed by atoms with Crippen molar-refractivity contribution in [2.75, 3.05) is 0 Å². The highest BCUT2D eigenvalue weighted by Gasteiger charge is 2.33. The van der Waals surface area contributed by atoms with Gasteiger partial charge in [-0.05, 0) is 24.9 Å². The van der Waals surface area contributed by atoms with Gasteiger partial charge in [0.1, 0.15) is 0 Å². The van der Waals surface area contributed by atoms with Crippen LogP contribution >= 0.6 is 9.24 Å². The maximum Gasteiger partial charge on any atom is 0.310 e. The molecule has 1 aromatic rings. The Labute approximate surface area is 106 Å². The third-order valence-corrected chi connectivity index (χ3v) is 3.88. The molecule has 0 bridgehead atoms. The molecule has 1 unspecified atom stereocenters. The van der Waals surface area contributed by atoms with E-state index in [9.17, 15) is 0 Å². The van der Waals surface area contributed by atoms with Gasteiger partial charge < -0.3 is 9.76 Å². The highest BCUT2D eigenvalue weighted by Crippen LogP contribution is 2.32. The van der Waals surface area contributed by atoms with Crippen LogP contribution < -0.4 is 5.46 Å². The molecular weight excluding hydrogens is 232 g/mol. The van der Waals surface area contributed by atoms with Gasteiger partial charge in [0.05, 0.1) is 12.2 Å². The van der Waals surface area contributed by atoms with Gasteiger partial charge in [0, 0.05) is 17.5 Å². The molecule has 0 aliphatic heterocycles. The van der Waals surface area contributed by atoms with Gasteiger partial charge in [0.2, 0.25) is 0 Å². The van der Waals surface area contributed by atoms with E-state index in [1.807, 2.05) is 6.07 Å². The Bertz CT molecular complexity index is 377.